The fourth-order valence-corrected chi connectivity index (χ4v) is 4.71. The second kappa shape index (κ2) is 6.66. The van der Waals surface area contributed by atoms with Crippen LogP contribution in [0.2, 0.25) is 0 Å². The fraction of sp³-hybridized carbons (Fsp3) is 0.312. The van der Waals surface area contributed by atoms with E-state index in [2.05, 4.69) is 4.98 Å². The van der Waals surface area contributed by atoms with Gasteiger partial charge in [0.15, 0.2) is 0 Å². The van der Waals surface area contributed by atoms with Crippen molar-refractivity contribution >= 4 is 15.7 Å². The van der Waals surface area contributed by atoms with E-state index < -0.39 is 14.9 Å². The van der Waals surface area contributed by atoms with Crippen molar-refractivity contribution in [1.29, 1.82) is 0 Å². The predicted molar refractivity (Wildman–Crippen MR) is 87.8 cm³/mol. The van der Waals surface area contributed by atoms with E-state index in [0.717, 1.165) is 24.5 Å². The molecule has 1 saturated heterocycles. The van der Waals surface area contributed by atoms with Gasteiger partial charge in [-0.2, -0.15) is 4.31 Å². The largest absolute Gasteiger partial charge is 0.270 e. The first-order valence-corrected chi connectivity index (χ1v) is 9.10. The van der Waals surface area contributed by atoms with Crippen molar-refractivity contribution in [1.82, 2.24) is 9.29 Å². The first-order valence-electron chi connectivity index (χ1n) is 7.66. The summed E-state index contributed by atoms with van der Waals surface area (Å²) in [5, 5.41) is 10.9. The fourth-order valence-electron chi connectivity index (χ4n) is 2.99. The van der Waals surface area contributed by atoms with E-state index >= 15 is 0 Å². The Hall–Kier alpha value is -2.32. The number of non-ortho nitro benzene ring substituents is 1. The third-order valence-corrected chi connectivity index (χ3v) is 6.06. The third kappa shape index (κ3) is 3.15. The van der Waals surface area contributed by atoms with E-state index in [1.54, 1.807) is 18.5 Å². The number of nitro benzene ring substituents is 1. The summed E-state index contributed by atoms with van der Waals surface area (Å²) in [6.45, 7) is 0.393. The van der Waals surface area contributed by atoms with Crippen LogP contribution in [0.25, 0.3) is 0 Å². The van der Waals surface area contributed by atoms with Crippen LogP contribution in [0.3, 0.4) is 0 Å². The van der Waals surface area contributed by atoms with Gasteiger partial charge in [-0.3, -0.25) is 15.1 Å². The van der Waals surface area contributed by atoms with E-state index in [1.165, 1.54) is 22.5 Å². The summed E-state index contributed by atoms with van der Waals surface area (Å²) in [6.07, 6.45) is 5.73. The molecule has 0 amide bonds. The molecule has 2 aromatic rings. The number of pyridine rings is 1. The molecule has 7 nitrogen and oxygen atoms in total. The summed E-state index contributed by atoms with van der Waals surface area (Å²) < 4.78 is 27.5. The zero-order chi connectivity index (χ0) is 17.2. The predicted octanol–water partition coefficient (Wildman–Crippen LogP) is 2.91. The highest BCUT2D eigenvalue weighted by atomic mass is 32.2. The van der Waals surface area contributed by atoms with Gasteiger partial charge in [-0.05, 0) is 30.5 Å². The molecule has 3 rings (SSSR count). The highest BCUT2D eigenvalue weighted by Gasteiger charge is 2.35. The molecule has 0 aliphatic carbocycles. The van der Waals surface area contributed by atoms with Crippen LogP contribution >= 0.6 is 0 Å². The van der Waals surface area contributed by atoms with E-state index in [0.29, 0.717) is 13.0 Å². The molecule has 8 heteroatoms. The van der Waals surface area contributed by atoms with Gasteiger partial charge in [0.25, 0.3) is 5.69 Å². The van der Waals surface area contributed by atoms with Crippen molar-refractivity contribution in [2.24, 2.45) is 0 Å². The number of rotatable bonds is 4. The summed E-state index contributed by atoms with van der Waals surface area (Å²) >= 11 is 0. The second-order valence-corrected chi connectivity index (χ2v) is 7.56. The Kier molecular flexibility index (Phi) is 4.59. The van der Waals surface area contributed by atoms with E-state index in [9.17, 15) is 18.5 Å². The SMILES string of the molecule is O=[N+]([O-])c1cccc(S(=O)(=O)N2CCCC[C@@H]2c2cccnc2)c1. The number of piperidine rings is 1. The molecule has 0 unspecified atom stereocenters. The summed E-state index contributed by atoms with van der Waals surface area (Å²) in [6, 6.07) is 8.54. The molecule has 0 radical (unpaired) electrons. The van der Waals surface area contributed by atoms with Crippen molar-refractivity contribution in [3.8, 4) is 0 Å². The molecule has 1 aliphatic heterocycles. The van der Waals surface area contributed by atoms with Crippen LogP contribution < -0.4 is 0 Å². The molecule has 1 aromatic carbocycles. The number of hydrogen-bond donors (Lipinski definition) is 0. The van der Waals surface area contributed by atoms with Gasteiger partial charge >= 0.3 is 0 Å². The molecule has 1 atom stereocenters. The molecule has 0 spiro atoms. The average molecular weight is 347 g/mol. The van der Waals surface area contributed by atoms with Crippen molar-refractivity contribution in [2.45, 2.75) is 30.2 Å². The maximum Gasteiger partial charge on any atom is 0.270 e. The minimum atomic E-state index is -3.81. The number of hydrogen-bond acceptors (Lipinski definition) is 5. The molecule has 0 saturated carbocycles. The number of nitro groups is 1. The second-order valence-electron chi connectivity index (χ2n) is 5.67. The van der Waals surface area contributed by atoms with Gasteiger partial charge in [-0.25, -0.2) is 8.42 Å². The summed E-state index contributed by atoms with van der Waals surface area (Å²) in [5.41, 5.74) is 0.609. The standard InChI is InChI=1S/C16H17N3O4S/c20-19(21)14-6-3-7-15(11-14)24(22,23)18-10-2-1-8-16(18)13-5-4-9-17-12-13/h3-7,9,11-12,16H,1-2,8,10H2/t16-/m1/s1. The summed E-state index contributed by atoms with van der Waals surface area (Å²) in [5.74, 6) is 0. The summed E-state index contributed by atoms with van der Waals surface area (Å²) in [7, 11) is -3.81. The maximum atomic E-state index is 13.0. The summed E-state index contributed by atoms with van der Waals surface area (Å²) in [4.78, 5) is 14.4. The lowest BCUT2D eigenvalue weighted by Gasteiger charge is -2.34. The highest BCUT2D eigenvalue weighted by molar-refractivity contribution is 7.89. The Morgan fingerprint density at radius 3 is 2.75 bits per heavy atom. The van der Waals surface area contributed by atoms with Crippen molar-refractivity contribution in [2.75, 3.05) is 6.54 Å². The Morgan fingerprint density at radius 2 is 2.04 bits per heavy atom. The van der Waals surface area contributed by atoms with Crippen LogP contribution in [0.1, 0.15) is 30.9 Å². The normalized spacial score (nSPS) is 19.1. The van der Waals surface area contributed by atoms with Crippen LogP contribution in [0.4, 0.5) is 5.69 Å². The lowest BCUT2D eigenvalue weighted by molar-refractivity contribution is -0.385. The number of sulfonamides is 1. The molecule has 1 aliphatic rings. The Labute approximate surface area is 140 Å². The van der Waals surface area contributed by atoms with Gasteiger partial charge in [-0.15, -0.1) is 0 Å². The van der Waals surface area contributed by atoms with Gasteiger partial charge < -0.3 is 0 Å². The van der Waals surface area contributed by atoms with Gasteiger partial charge in [0, 0.05) is 31.1 Å². The number of aromatic nitrogens is 1. The molecule has 1 aromatic heterocycles. The monoisotopic (exact) mass is 347 g/mol. The average Bonchev–Trinajstić information content (AvgIpc) is 2.62. The lowest BCUT2D eigenvalue weighted by Crippen LogP contribution is -2.38. The molecule has 24 heavy (non-hydrogen) atoms. The number of benzene rings is 1. The number of nitrogens with zero attached hydrogens (tertiary/aromatic N) is 3. The topological polar surface area (TPSA) is 93.4 Å². The highest BCUT2D eigenvalue weighted by Crippen LogP contribution is 2.35. The van der Waals surface area contributed by atoms with Crippen molar-refractivity contribution in [3.05, 3.63) is 64.5 Å². The van der Waals surface area contributed by atoms with E-state index in [1.807, 2.05) is 6.07 Å². The molecule has 2 heterocycles. The first kappa shape index (κ1) is 16.5. The molecule has 126 valence electrons. The Morgan fingerprint density at radius 1 is 1.21 bits per heavy atom. The zero-order valence-electron chi connectivity index (χ0n) is 12.9. The van der Waals surface area contributed by atoms with Crippen molar-refractivity contribution in [3.63, 3.8) is 0 Å². The first-order chi connectivity index (χ1) is 11.5. The Balaban J connectivity index is 2.00. The van der Waals surface area contributed by atoms with Crippen LogP contribution in [0.5, 0.6) is 0 Å². The van der Waals surface area contributed by atoms with Gasteiger partial charge in [0.05, 0.1) is 15.9 Å². The van der Waals surface area contributed by atoms with Crippen LogP contribution in [0, 0.1) is 10.1 Å². The minimum absolute atomic E-state index is 0.0486. The molecular formula is C16H17N3O4S. The molecule has 0 N–H and O–H groups in total. The maximum absolute atomic E-state index is 13.0. The van der Waals surface area contributed by atoms with Crippen LogP contribution in [-0.4, -0.2) is 29.2 Å². The van der Waals surface area contributed by atoms with Gasteiger partial charge in [-0.1, -0.05) is 18.6 Å². The van der Waals surface area contributed by atoms with Crippen LogP contribution in [-0.2, 0) is 10.0 Å². The van der Waals surface area contributed by atoms with Gasteiger partial charge in [0.1, 0.15) is 0 Å². The minimum Gasteiger partial charge on any atom is -0.264 e. The molecule has 1 fully saturated rings. The lowest BCUT2D eigenvalue weighted by atomic mass is 9.99. The third-order valence-electron chi connectivity index (χ3n) is 4.16. The van der Waals surface area contributed by atoms with E-state index in [4.69, 9.17) is 0 Å². The van der Waals surface area contributed by atoms with Crippen LogP contribution in [0.15, 0.2) is 53.7 Å². The molecule has 0 bridgehead atoms. The van der Waals surface area contributed by atoms with Gasteiger partial charge in [0.2, 0.25) is 10.0 Å². The molecular weight excluding hydrogens is 330 g/mol. The van der Waals surface area contributed by atoms with E-state index in [-0.39, 0.29) is 16.6 Å². The van der Waals surface area contributed by atoms with Crippen molar-refractivity contribution < 1.29 is 13.3 Å². The zero-order valence-corrected chi connectivity index (χ0v) is 13.7. The quantitative estimate of drug-likeness (QED) is 0.626. The smallest absolute Gasteiger partial charge is 0.264 e. The Bertz CT molecular complexity index is 839.